The van der Waals surface area contributed by atoms with Gasteiger partial charge in [-0.2, -0.15) is 0 Å². The van der Waals surface area contributed by atoms with Crippen LogP contribution in [-0.2, 0) is 18.3 Å². The maximum Gasteiger partial charge on any atom is 0.309 e. The van der Waals surface area contributed by atoms with Crippen LogP contribution in [0, 0.1) is 0 Å². The molecule has 2 aromatic heterocycles. The minimum absolute atomic E-state index is 0.169. The number of carboxylic acid groups (broad SMARTS) is 1. The van der Waals surface area contributed by atoms with Gasteiger partial charge in [0.15, 0.2) is 0 Å². The lowest BCUT2D eigenvalue weighted by molar-refractivity contribution is -0.136. The number of halogens is 2. The normalized spacial score (nSPS) is 10.4. The minimum atomic E-state index is -0.965. The number of carbonyl (C=O) groups is 2. The van der Waals surface area contributed by atoms with E-state index >= 15 is 0 Å². The van der Waals surface area contributed by atoms with E-state index in [2.05, 4.69) is 10.3 Å². The quantitative estimate of drug-likeness (QED) is 0.903. The number of aliphatic carboxylic acids is 1. The van der Waals surface area contributed by atoms with Crippen LogP contribution in [0.25, 0.3) is 0 Å². The van der Waals surface area contributed by atoms with Crippen molar-refractivity contribution in [2.45, 2.75) is 6.42 Å². The van der Waals surface area contributed by atoms with E-state index in [4.69, 9.17) is 28.3 Å². The monoisotopic (exact) mass is 327 g/mol. The molecule has 2 heterocycles. The molecule has 0 unspecified atom stereocenters. The first-order chi connectivity index (χ1) is 9.88. The first-order valence-electron chi connectivity index (χ1n) is 5.87. The molecule has 0 atom stereocenters. The lowest BCUT2D eigenvalue weighted by atomic mass is 10.2. The second kappa shape index (κ2) is 6.15. The molecule has 2 aromatic rings. The van der Waals surface area contributed by atoms with E-state index in [9.17, 15) is 9.59 Å². The zero-order valence-corrected chi connectivity index (χ0v) is 12.4. The van der Waals surface area contributed by atoms with Crippen LogP contribution in [0.5, 0.6) is 0 Å². The number of hydrogen-bond acceptors (Lipinski definition) is 3. The van der Waals surface area contributed by atoms with Crippen LogP contribution >= 0.6 is 23.2 Å². The maximum absolute atomic E-state index is 12.1. The van der Waals surface area contributed by atoms with Gasteiger partial charge in [-0.1, -0.05) is 23.2 Å². The van der Waals surface area contributed by atoms with Crippen molar-refractivity contribution in [1.82, 2.24) is 9.55 Å². The van der Waals surface area contributed by atoms with E-state index in [1.54, 1.807) is 13.1 Å². The van der Waals surface area contributed by atoms with Crippen molar-refractivity contribution in [2.75, 3.05) is 5.32 Å². The van der Waals surface area contributed by atoms with Crippen molar-refractivity contribution >= 4 is 40.8 Å². The van der Waals surface area contributed by atoms with E-state index < -0.39 is 5.97 Å². The van der Waals surface area contributed by atoms with Gasteiger partial charge in [0.05, 0.1) is 29.0 Å². The van der Waals surface area contributed by atoms with Crippen molar-refractivity contribution in [2.24, 2.45) is 7.05 Å². The molecule has 0 spiro atoms. The Bertz CT molecular complexity index is 695. The zero-order chi connectivity index (χ0) is 15.6. The fraction of sp³-hybridized carbons (Fsp3) is 0.154. The summed E-state index contributed by atoms with van der Waals surface area (Å²) in [7, 11) is 1.62. The molecule has 110 valence electrons. The van der Waals surface area contributed by atoms with Crippen molar-refractivity contribution in [1.29, 1.82) is 0 Å². The van der Waals surface area contributed by atoms with Crippen molar-refractivity contribution in [3.63, 3.8) is 0 Å². The second-order valence-corrected chi connectivity index (χ2v) is 5.06. The first-order valence-corrected chi connectivity index (χ1v) is 6.63. The van der Waals surface area contributed by atoms with Crippen LogP contribution in [0.3, 0.4) is 0 Å². The molecule has 0 bridgehead atoms. The number of carboxylic acids is 1. The highest BCUT2D eigenvalue weighted by Gasteiger charge is 2.16. The third kappa shape index (κ3) is 3.53. The predicted molar refractivity (Wildman–Crippen MR) is 79.0 cm³/mol. The third-order valence-electron chi connectivity index (χ3n) is 2.76. The molecule has 0 aromatic carbocycles. The number of nitrogens with one attached hydrogen (secondary N) is 1. The van der Waals surface area contributed by atoms with Crippen LogP contribution in [0.15, 0.2) is 24.4 Å². The summed E-state index contributed by atoms with van der Waals surface area (Å²) >= 11 is 11.7. The number of hydrogen-bond donors (Lipinski definition) is 2. The van der Waals surface area contributed by atoms with Crippen LogP contribution < -0.4 is 5.32 Å². The van der Waals surface area contributed by atoms with Gasteiger partial charge in [0.1, 0.15) is 10.8 Å². The summed E-state index contributed by atoms with van der Waals surface area (Å²) in [5.41, 5.74) is 1.16. The Morgan fingerprint density at radius 1 is 1.38 bits per heavy atom. The lowest BCUT2D eigenvalue weighted by Crippen LogP contribution is -2.16. The molecular formula is C13H11Cl2N3O3. The summed E-state index contributed by atoms with van der Waals surface area (Å²) in [4.78, 5) is 26.6. The molecule has 0 saturated heterocycles. The maximum atomic E-state index is 12.1. The molecule has 21 heavy (non-hydrogen) atoms. The second-order valence-electron chi connectivity index (χ2n) is 4.29. The first kappa shape index (κ1) is 15.3. The molecule has 0 aliphatic carbocycles. The van der Waals surface area contributed by atoms with Gasteiger partial charge < -0.3 is 15.0 Å². The molecule has 1 amide bonds. The van der Waals surface area contributed by atoms with E-state index in [1.807, 2.05) is 0 Å². The SMILES string of the molecule is Cn1c(C(=O)Nc2ccc(CC(=O)O)nc2)cc(Cl)c1Cl. The molecular weight excluding hydrogens is 317 g/mol. The standard InChI is InChI=1S/C13H11Cl2N3O3/c1-18-10(5-9(14)12(18)15)13(21)17-8-3-2-7(16-6-8)4-11(19)20/h2-3,5-6H,4H2,1H3,(H,17,21)(H,19,20). The van der Waals surface area contributed by atoms with Gasteiger partial charge in [0.2, 0.25) is 0 Å². The van der Waals surface area contributed by atoms with Gasteiger partial charge in [0.25, 0.3) is 5.91 Å². The Balaban J connectivity index is 2.12. The highest BCUT2D eigenvalue weighted by Crippen LogP contribution is 2.25. The lowest BCUT2D eigenvalue weighted by Gasteiger charge is -2.06. The van der Waals surface area contributed by atoms with E-state index in [0.717, 1.165) is 0 Å². The van der Waals surface area contributed by atoms with Gasteiger partial charge >= 0.3 is 5.97 Å². The van der Waals surface area contributed by atoms with Crippen molar-refractivity contribution in [3.05, 3.63) is 46.0 Å². The Morgan fingerprint density at radius 2 is 2.10 bits per heavy atom. The topological polar surface area (TPSA) is 84.2 Å². The summed E-state index contributed by atoms with van der Waals surface area (Å²) in [6.45, 7) is 0. The van der Waals surface area contributed by atoms with E-state index in [1.165, 1.54) is 22.9 Å². The summed E-state index contributed by atoms with van der Waals surface area (Å²) < 4.78 is 1.46. The smallest absolute Gasteiger partial charge is 0.309 e. The molecule has 0 aliphatic rings. The number of anilines is 1. The number of nitrogens with zero attached hydrogens (tertiary/aromatic N) is 2. The van der Waals surface area contributed by atoms with E-state index in [-0.39, 0.29) is 17.5 Å². The molecule has 8 heteroatoms. The Kier molecular flexibility index (Phi) is 4.50. The van der Waals surface area contributed by atoms with Gasteiger partial charge in [-0.05, 0) is 18.2 Å². The van der Waals surface area contributed by atoms with Crippen molar-refractivity contribution < 1.29 is 14.7 Å². The van der Waals surface area contributed by atoms with Crippen LogP contribution in [0.2, 0.25) is 10.2 Å². The summed E-state index contributed by atoms with van der Waals surface area (Å²) in [6.07, 6.45) is 1.22. The average molecular weight is 328 g/mol. The van der Waals surface area contributed by atoms with Gasteiger partial charge in [0, 0.05) is 7.05 Å². The number of pyridine rings is 1. The summed E-state index contributed by atoms with van der Waals surface area (Å²) in [5.74, 6) is -1.36. The van der Waals surface area contributed by atoms with Crippen molar-refractivity contribution in [3.8, 4) is 0 Å². The highest BCUT2D eigenvalue weighted by atomic mass is 35.5. The molecule has 6 nitrogen and oxygen atoms in total. The Labute approximate surface area is 130 Å². The van der Waals surface area contributed by atoms with Crippen LogP contribution in [-0.4, -0.2) is 26.5 Å². The Hall–Kier alpha value is -2.05. The van der Waals surface area contributed by atoms with Crippen LogP contribution in [0.1, 0.15) is 16.2 Å². The fourth-order valence-electron chi connectivity index (χ4n) is 1.71. The highest BCUT2D eigenvalue weighted by molar-refractivity contribution is 6.42. The van der Waals surface area contributed by atoms with E-state index in [0.29, 0.717) is 22.1 Å². The average Bonchev–Trinajstić information content (AvgIpc) is 2.68. The molecule has 0 radical (unpaired) electrons. The number of amides is 1. The third-order valence-corrected chi connectivity index (χ3v) is 3.61. The minimum Gasteiger partial charge on any atom is -0.481 e. The number of aromatic nitrogens is 2. The summed E-state index contributed by atoms with van der Waals surface area (Å²) in [6, 6.07) is 4.58. The zero-order valence-electron chi connectivity index (χ0n) is 10.9. The van der Waals surface area contributed by atoms with Gasteiger partial charge in [-0.25, -0.2) is 0 Å². The fourth-order valence-corrected chi connectivity index (χ4v) is 2.09. The number of carbonyl (C=O) groups excluding carboxylic acids is 1. The molecule has 0 saturated carbocycles. The van der Waals surface area contributed by atoms with Gasteiger partial charge in [-0.3, -0.25) is 14.6 Å². The molecule has 0 fully saturated rings. The Morgan fingerprint density at radius 3 is 2.57 bits per heavy atom. The van der Waals surface area contributed by atoms with Crippen LogP contribution in [0.4, 0.5) is 5.69 Å². The molecule has 0 aliphatic heterocycles. The summed E-state index contributed by atoms with van der Waals surface area (Å²) in [5, 5.41) is 11.9. The predicted octanol–water partition coefficient (Wildman–Crippen LogP) is 2.61. The van der Waals surface area contributed by atoms with Gasteiger partial charge in [-0.15, -0.1) is 0 Å². The molecule has 2 rings (SSSR count). The largest absolute Gasteiger partial charge is 0.481 e. The number of rotatable bonds is 4. The molecule has 2 N–H and O–H groups in total.